The summed E-state index contributed by atoms with van der Waals surface area (Å²) in [6.45, 7) is 0.163. The van der Waals surface area contributed by atoms with Crippen molar-refractivity contribution in [3.8, 4) is 23.0 Å². The minimum atomic E-state index is -0.502. The highest BCUT2D eigenvalue weighted by Gasteiger charge is 2.32. The smallest absolute Gasteiger partial charge is 0.177 e. The van der Waals surface area contributed by atoms with E-state index >= 15 is 0 Å². The lowest BCUT2D eigenvalue weighted by atomic mass is 9.88. The highest BCUT2D eigenvalue weighted by molar-refractivity contribution is 6.04. The molecule has 1 atom stereocenters. The predicted molar refractivity (Wildman–Crippen MR) is 75.3 cm³/mol. The van der Waals surface area contributed by atoms with Crippen LogP contribution in [0, 0.1) is 0 Å². The normalized spacial score (nSPS) is 17.0. The summed E-state index contributed by atoms with van der Waals surface area (Å²) in [6.07, 6.45) is 0. The molecule has 3 rings (SSSR count). The third-order valence-electron chi connectivity index (χ3n) is 3.55. The molecule has 21 heavy (non-hydrogen) atoms. The monoisotopic (exact) mass is 286 g/mol. The number of benzene rings is 2. The molecule has 2 N–H and O–H groups in total. The lowest BCUT2D eigenvalue weighted by Crippen LogP contribution is -2.26. The van der Waals surface area contributed by atoms with E-state index in [2.05, 4.69) is 0 Å². The van der Waals surface area contributed by atoms with Crippen LogP contribution in [0.5, 0.6) is 23.0 Å². The molecule has 0 amide bonds. The second-order valence-electron chi connectivity index (χ2n) is 4.83. The van der Waals surface area contributed by atoms with Crippen LogP contribution in [0.1, 0.15) is 21.8 Å². The Morgan fingerprint density at radius 3 is 2.62 bits per heavy atom. The Morgan fingerprint density at radius 2 is 1.86 bits per heavy atom. The van der Waals surface area contributed by atoms with Crippen LogP contribution in [0.2, 0.25) is 0 Å². The number of carbonyl (C=O) groups excluding carboxylic acids is 1. The highest BCUT2D eigenvalue weighted by atomic mass is 16.5. The van der Waals surface area contributed by atoms with Crippen LogP contribution in [0.4, 0.5) is 0 Å². The first-order valence-electron chi connectivity index (χ1n) is 6.47. The van der Waals surface area contributed by atoms with Crippen molar-refractivity contribution >= 4 is 5.78 Å². The quantitative estimate of drug-likeness (QED) is 0.887. The van der Waals surface area contributed by atoms with E-state index < -0.39 is 5.92 Å². The molecule has 2 aromatic carbocycles. The summed E-state index contributed by atoms with van der Waals surface area (Å²) in [5, 5.41) is 18.9. The van der Waals surface area contributed by atoms with Gasteiger partial charge in [0.2, 0.25) is 0 Å². The number of fused-ring (bicyclic) bond motifs is 1. The average molecular weight is 286 g/mol. The first-order valence-corrected chi connectivity index (χ1v) is 6.47. The maximum Gasteiger partial charge on any atom is 0.177 e. The predicted octanol–water partition coefficient (Wildman–Crippen LogP) is 2.47. The molecule has 0 fully saturated rings. The molecule has 5 heteroatoms. The van der Waals surface area contributed by atoms with E-state index in [4.69, 9.17) is 9.47 Å². The third-order valence-corrected chi connectivity index (χ3v) is 3.55. The highest BCUT2D eigenvalue weighted by Crippen LogP contribution is 2.38. The van der Waals surface area contributed by atoms with Gasteiger partial charge >= 0.3 is 0 Å². The van der Waals surface area contributed by atoms with Crippen LogP contribution < -0.4 is 9.47 Å². The van der Waals surface area contributed by atoms with Crippen LogP contribution in [0.3, 0.4) is 0 Å². The lowest BCUT2D eigenvalue weighted by molar-refractivity contribution is 0.0894. The molecule has 0 radical (unpaired) electrons. The van der Waals surface area contributed by atoms with Gasteiger partial charge in [-0.25, -0.2) is 0 Å². The van der Waals surface area contributed by atoms with E-state index in [1.165, 1.54) is 31.4 Å². The summed E-state index contributed by atoms with van der Waals surface area (Å²) >= 11 is 0. The van der Waals surface area contributed by atoms with Crippen molar-refractivity contribution in [1.29, 1.82) is 0 Å². The molecule has 0 aliphatic carbocycles. The average Bonchev–Trinajstić information content (AvgIpc) is 2.48. The second-order valence-corrected chi connectivity index (χ2v) is 4.83. The first-order chi connectivity index (χ1) is 10.1. The number of phenols is 2. The number of aromatic hydroxyl groups is 2. The Balaban J connectivity index is 2.02. The second kappa shape index (κ2) is 5.01. The Bertz CT molecular complexity index is 708. The van der Waals surface area contributed by atoms with E-state index in [1.807, 2.05) is 0 Å². The van der Waals surface area contributed by atoms with Gasteiger partial charge in [0, 0.05) is 17.7 Å². The van der Waals surface area contributed by atoms with Crippen LogP contribution in [0.25, 0.3) is 0 Å². The molecule has 2 aromatic rings. The minimum absolute atomic E-state index is 0.0576. The molecule has 1 unspecified atom stereocenters. The zero-order chi connectivity index (χ0) is 15.0. The van der Waals surface area contributed by atoms with Gasteiger partial charge < -0.3 is 19.7 Å². The molecule has 1 heterocycles. The van der Waals surface area contributed by atoms with E-state index in [0.29, 0.717) is 22.6 Å². The van der Waals surface area contributed by atoms with Crippen LogP contribution in [0.15, 0.2) is 36.4 Å². The zero-order valence-corrected chi connectivity index (χ0v) is 11.4. The van der Waals surface area contributed by atoms with Crippen molar-refractivity contribution in [3.05, 3.63) is 47.5 Å². The molecule has 0 spiro atoms. The number of rotatable bonds is 2. The molecule has 108 valence electrons. The SMILES string of the molecule is COc1cc(O)ccc1C1COc2cc(O)ccc2C1=O. The number of ketones is 1. The van der Waals surface area contributed by atoms with Crippen molar-refractivity contribution in [2.75, 3.05) is 13.7 Å². The fourth-order valence-corrected chi connectivity index (χ4v) is 2.49. The fourth-order valence-electron chi connectivity index (χ4n) is 2.49. The van der Waals surface area contributed by atoms with Gasteiger partial charge in [0.15, 0.2) is 5.78 Å². The van der Waals surface area contributed by atoms with E-state index in [9.17, 15) is 15.0 Å². The van der Waals surface area contributed by atoms with E-state index in [1.54, 1.807) is 12.1 Å². The van der Waals surface area contributed by atoms with Gasteiger partial charge in [0.1, 0.15) is 29.6 Å². The van der Waals surface area contributed by atoms with Crippen molar-refractivity contribution in [2.45, 2.75) is 5.92 Å². The van der Waals surface area contributed by atoms with Gasteiger partial charge in [-0.1, -0.05) is 6.07 Å². The Hall–Kier alpha value is -2.69. The number of ether oxygens (including phenoxy) is 2. The van der Waals surface area contributed by atoms with Crippen LogP contribution in [-0.2, 0) is 0 Å². The van der Waals surface area contributed by atoms with Crippen molar-refractivity contribution in [1.82, 2.24) is 0 Å². The topological polar surface area (TPSA) is 76.0 Å². The van der Waals surface area contributed by atoms with Crippen molar-refractivity contribution in [3.63, 3.8) is 0 Å². The molecule has 1 aliphatic heterocycles. The zero-order valence-electron chi connectivity index (χ0n) is 11.4. The molecule has 1 aliphatic rings. The Morgan fingerprint density at radius 1 is 1.14 bits per heavy atom. The summed E-state index contributed by atoms with van der Waals surface area (Å²) in [5.74, 6) is 0.360. The largest absolute Gasteiger partial charge is 0.508 e. The molecular formula is C16H14O5. The van der Waals surface area contributed by atoms with Gasteiger partial charge in [0.25, 0.3) is 0 Å². The summed E-state index contributed by atoms with van der Waals surface area (Å²) in [7, 11) is 1.48. The molecule has 0 aromatic heterocycles. The number of hydrogen-bond donors (Lipinski definition) is 2. The third kappa shape index (κ3) is 2.27. The molecule has 0 saturated carbocycles. The first kappa shape index (κ1) is 13.3. The van der Waals surface area contributed by atoms with Gasteiger partial charge in [-0.15, -0.1) is 0 Å². The van der Waals surface area contributed by atoms with Crippen molar-refractivity contribution < 1.29 is 24.5 Å². The van der Waals surface area contributed by atoms with Gasteiger partial charge in [0.05, 0.1) is 18.6 Å². The Labute approximate surface area is 121 Å². The lowest BCUT2D eigenvalue weighted by Gasteiger charge is -2.25. The molecular weight excluding hydrogens is 272 g/mol. The Kier molecular flexibility index (Phi) is 3.17. The van der Waals surface area contributed by atoms with Gasteiger partial charge in [-0.05, 0) is 18.2 Å². The van der Waals surface area contributed by atoms with Crippen molar-refractivity contribution in [2.24, 2.45) is 0 Å². The molecule has 0 saturated heterocycles. The fraction of sp³-hybridized carbons (Fsp3) is 0.188. The standard InChI is InChI=1S/C16H14O5/c1-20-14-6-9(17)2-4-11(14)13-8-21-15-7-10(18)3-5-12(15)16(13)19/h2-7,13,17-18H,8H2,1H3. The van der Waals surface area contributed by atoms with Gasteiger partial charge in [-0.3, -0.25) is 4.79 Å². The summed E-state index contributed by atoms with van der Waals surface area (Å²) in [5.41, 5.74) is 1.10. The molecule has 5 nitrogen and oxygen atoms in total. The number of Topliss-reactive ketones (excluding diaryl/α,β-unsaturated/α-hetero) is 1. The summed E-state index contributed by atoms with van der Waals surface area (Å²) in [4.78, 5) is 12.6. The number of phenolic OH excluding ortho intramolecular Hbond substituents is 2. The summed E-state index contributed by atoms with van der Waals surface area (Å²) in [6, 6.07) is 9.07. The minimum Gasteiger partial charge on any atom is -0.508 e. The number of methoxy groups -OCH3 is 1. The molecule has 0 bridgehead atoms. The maximum absolute atomic E-state index is 12.6. The van der Waals surface area contributed by atoms with E-state index in [-0.39, 0.29) is 23.9 Å². The number of hydrogen-bond acceptors (Lipinski definition) is 5. The van der Waals surface area contributed by atoms with Crippen LogP contribution in [-0.4, -0.2) is 29.7 Å². The summed E-state index contributed by atoms with van der Waals surface area (Å²) < 4.78 is 10.8. The van der Waals surface area contributed by atoms with E-state index in [0.717, 1.165) is 0 Å². The maximum atomic E-state index is 12.6. The van der Waals surface area contributed by atoms with Crippen LogP contribution >= 0.6 is 0 Å². The van der Waals surface area contributed by atoms with Gasteiger partial charge in [-0.2, -0.15) is 0 Å². The number of carbonyl (C=O) groups is 1.